The van der Waals surface area contributed by atoms with Gasteiger partial charge in [-0.25, -0.2) is 19.6 Å². The zero-order chi connectivity index (χ0) is 35.6. The van der Waals surface area contributed by atoms with Gasteiger partial charge in [0.1, 0.15) is 12.1 Å². The average Bonchev–Trinajstić information content (AvgIpc) is 3.89. The number of imidazole rings is 2. The Bertz CT molecular complexity index is 1650. The van der Waals surface area contributed by atoms with Crippen LogP contribution in [0.2, 0.25) is 0 Å². The summed E-state index contributed by atoms with van der Waals surface area (Å²) in [6, 6.07) is 1.57. The van der Waals surface area contributed by atoms with Gasteiger partial charge >= 0.3 is 11.9 Å². The van der Waals surface area contributed by atoms with Crippen molar-refractivity contribution in [3.05, 3.63) is 72.4 Å². The first-order valence-electron chi connectivity index (χ1n) is 17.6. The largest absolute Gasteiger partial charge is 0.480 e. The van der Waals surface area contributed by atoms with Gasteiger partial charge in [0.15, 0.2) is 0 Å². The van der Waals surface area contributed by atoms with E-state index >= 15 is 0 Å². The van der Waals surface area contributed by atoms with E-state index in [4.69, 9.17) is 0 Å². The second-order valence-electron chi connectivity index (χ2n) is 13.0. The SMILES string of the molecule is CCCCCc1c2ccn1CCC(=O)N[C@H](C(=O)O)Cc1cn(cn1)-c1ccn(c1CCCCC)CCC(=O)N[C@H](C(=O)O)Cc1cn-2cn1. The lowest BCUT2D eigenvalue weighted by molar-refractivity contribution is -0.142. The van der Waals surface area contributed by atoms with Crippen LogP contribution in [0.15, 0.2) is 49.6 Å². The minimum Gasteiger partial charge on any atom is -0.480 e. The topological polar surface area (TPSA) is 178 Å². The van der Waals surface area contributed by atoms with Crippen molar-refractivity contribution in [1.82, 2.24) is 38.9 Å². The van der Waals surface area contributed by atoms with Crippen molar-refractivity contribution >= 4 is 23.8 Å². The molecule has 0 saturated heterocycles. The second-order valence-corrected chi connectivity index (χ2v) is 13.0. The van der Waals surface area contributed by atoms with Crippen LogP contribution in [0.4, 0.5) is 0 Å². The van der Waals surface area contributed by atoms with Crippen LogP contribution in [0.1, 0.15) is 88.0 Å². The molecular weight excluding hydrogens is 640 g/mol. The van der Waals surface area contributed by atoms with E-state index in [0.717, 1.165) is 74.1 Å². The molecule has 0 aromatic carbocycles. The molecule has 0 spiro atoms. The van der Waals surface area contributed by atoms with E-state index in [1.165, 1.54) is 0 Å². The summed E-state index contributed by atoms with van der Waals surface area (Å²) in [6.45, 7) is 4.95. The van der Waals surface area contributed by atoms with Crippen LogP contribution in [0.3, 0.4) is 0 Å². The fraction of sp³-hybridized carbons (Fsp3) is 0.500. The van der Waals surface area contributed by atoms with Gasteiger partial charge in [-0.2, -0.15) is 0 Å². The van der Waals surface area contributed by atoms with Crippen molar-refractivity contribution in [2.75, 3.05) is 0 Å². The van der Waals surface area contributed by atoms with Crippen LogP contribution in [0, 0.1) is 0 Å². The van der Waals surface area contributed by atoms with E-state index in [1.54, 1.807) is 25.0 Å². The fourth-order valence-electron chi connectivity index (χ4n) is 6.50. The quantitative estimate of drug-likeness (QED) is 0.182. The molecule has 14 heteroatoms. The Labute approximate surface area is 291 Å². The summed E-state index contributed by atoms with van der Waals surface area (Å²) in [7, 11) is 0. The average molecular weight is 689 g/mol. The Balaban J connectivity index is 1.46. The zero-order valence-electron chi connectivity index (χ0n) is 28.9. The number of hydrogen-bond acceptors (Lipinski definition) is 6. The predicted molar refractivity (Wildman–Crippen MR) is 185 cm³/mol. The number of aliphatic carboxylic acids is 2. The van der Waals surface area contributed by atoms with Gasteiger partial charge in [0.05, 0.1) is 35.4 Å². The molecule has 2 amide bonds. The highest BCUT2D eigenvalue weighted by Gasteiger charge is 2.25. The highest BCUT2D eigenvalue weighted by molar-refractivity contribution is 5.84. The van der Waals surface area contributed by atoms with Gasteiger partial charge < -0.3 is 39.1 Å². The van der Waals surface area contributed by atoms with Gasteiger partial charge in [-0.3, -0.25) is 9.59 Å². The Morgan fingerprint density at radius 2 is 1.14 bits per heavy atom. The van der Waals surface area contributed by atoms with Crippen molar-refractivity contribution in [1.29, 1.82) is 0 Å². The normalized spacial score (nSPS) is 17.5. The number of carbonyl (C=O) groups is 4. The first-order valence-corrected chi connectivity index (χ1v) is 17.6. The first-order chi connectivity index (χ1) is 24.2. The Morgan fingerprint density at radius 3 is 1.52 bits per heavy atom. The summed E-state index contributed by atoms with van der Waals surface area (Å²) >= 11 is 0. The van der Waals surface area contributed by atoms with Gasteiger partial charge in [0.2, 0.25) is 11.8 Å². The monoisotopic (exact) mass is 688 g/mol. The number of carbonyl (C=O) groups excluding carboxylic acids is 2. The maximum atomic E-state index is 13.1. The Hall–Kier alpha value is -5.14. The summed E-state index contributed by atoms with van der Waals surface area (Å²) in [5, 5.41) is 25.4. The number of carboxylic acid groups (broad SMARTS) is 2. The van der Waals surface area contributed by atoms with E-state index in [-0.39, 0.29) is 37.5 Å². The van der Waals surface area contributed by atoms with Crippen molar-refractivity contribution in [2.45, 2.75) is 116 Å². The summed E-state index contributed by atoms with van der Waals surface area (Å²) in [5.74, 6) is -3.02. The van der Waals surface area contributed by atoms with Gasteiger partial charge in [-0.15, -0.1) is 0 Å². The number of rotatable bonds is 10. The minimum atomic E-state index is -1.15. The fourth-order valence-corrected chi connectivity index (χ4v) is 6.50. The zero-order valence-corrected chi connectivity index (χ0v) is 28.9. The molecule has 0 saturated carbocycles. The molecule has 8 bridgehead atoms. The molecule has 4 aromatic heterocycles. The molecule has 0 aliphatic carbocycles. The lowest BCUT2D eigenvalue weighted by atomic mass is 10.1. The molecule has 1 aliphatic rings. The number of amides is 2. The molecule has 0 unspecified atom stereocenters. The summed E-state index contributed by atoms with van der Waals surface area (Å²) in [4.78, 5) is 59.7. The lowest BCUT2D eigenvalue weighted by Crippen LogP contribution is -2.42. The third-order valence-electron chi connectivity index (χ3n) is 9.22. The van der Waals surface area contributed by atoms with Gasteiger partial charge in [-0.05, 0) is 37.8 Å². The molecule has 0 fully saturated rings. The smallest absolute Gasteiger partial charge is 0.326 e. The Morgan fingerprint density at radius 1 is 0.720 bits per heavy atom. The maximum Gasteiger partial charge on any atom is 0.326 e. The lowest BCUT2D eigenvalue weighted by Gasteiger charge is -2.16. The summed E-state index contributed by atoms with van der Waals surface area (Å²) < 4.78 is 7.70. The number of aromatic nitrogens is 6. The number of aryl methyl sites for hydroxylation is 2. The number of nitrogens with one attached hydrogen (secondary N) is 2. The summed E-state index contributed by atoms with van der Waals surface area (Å²) in [6.07, 6.45) is 18.3. The van der Waals surface area contributed by atoms with E-state index in [0.29, 0.717) is 24.5 Å². The van der Waals surface area contributed by atoms with E-state index < -0.39 is 24.0 Å². The van der Waals surface area contributed by atoms with Crippen LogP contribution in [-0.2, 0) is 58.0 Å². The molecular formula is C36H48N8O6. The summed E-state index contributed by atoms with van der Waals surface area (Å²) in [5.41, 5.74) is 4.76. The van der Waals surface area contributed by atoms with Crippen molar-refractivity contribution in [3.63, 3.8) is 0 Å². The van der Waals surface area contributed by atoms with Gasteiger partial charge in [-0.1, -0.05) is 39.5 Å². The minimum absolute atomic E-state index is 0.0176. The van der Waals surface area contributed by atoms with E-state index in [2.05, 4.69) is 34.4 Å². The molecule has 5 heterocycles. The molecule has 4 aromatic rings. The van der Waals surface area contributed by atoms with Gasteiger partial charge in [0.25, 0.3) is 0 Å². The van der Waals surface area contributed by atoms with Crippen LogP contribution in [0.5, 0.6) is 0 Å². The van der Waals surface area contributed by atoms with Crippen LogP contribution in [0.25, 0.3) is 11.4 Å². The number of fused-ring (bicyclic) bond motifs is 10. The molecule has 5 rings (SSSR count). The van der Waals surface area contributed by atoms with E-state index in [1.807, 2.05) is 42.8 Å². The van der Waals surface area contributed by atoms with Crippen LogP contribution >= 0.6 is 0 Å². The highest BCUT2D eigenvalue weighted by atomic mass is 16.4. The molecule has 268 valence electrons. The van der Waals surface area contributed by atoms with Crippen molar-refractivity contribution < 1.29 is 29.4 Å². The second kappa shape index (κ2) is 17.0. The van der Waals surface area contributed by atoms with Crippen LogP contribution < -0.4 is 10.6 Å². The standard InChI is InChI=1S/C36H48N8O6/c1-3-5-7-9-29-31-11-15-41(29)17-13-33(45)39-28(36(49)50)20-26-22-44(24-38-26)32-12-16-42(30(32)10-8-6-4-2)18-14-34(46)40-27(35(47)48)19-25-21-43(31)23-37-25/h11-12,15-16,21-24,27-28H,3-10,13-14,17-20H2,1-2H3,(H,39,45)(H,40,46)(H,47,48)(H,49,50)/t27-,28-/m0/s1. The molecule has 2 atom stereocenters. The highest BCUT2D eigenvalue weighted by Crippen LogP contribution is 2.23. The third-order valence-corrected chi connectivity index (χ3v) is 9.22. The number of unbranched alkanes of at least 4 members (excludes halogenated alkanes) is 4. The number of nitrogens with zero attached hydrogens (tertiary/aromatic N) is 6. The molecule has 1 aliphatic heterocycles. The Kier molecular flexibility index (Phi) is 12.3. The van der Waals surface area contributed by atoms with Gasteiger partial charge in [0, 0.05) is 74.9 Å². The first kappa shape index (κ1) is 36.1. The molecule has 50 heavy (non-hydrogen) atoms. The number of carboxylic acids is 2. The number of hydrogen-bond donors (Lipinski definition) is 4. The molecule has 14 nitrogen and oxygen atoms in total. The van der Waals surface area contributed by atoms with E-state index in [9.17, 15) is 29.4 Å². The third kappa shape index (κ3) is 9.10. The maximum absolute atomic E-state index is 13.1. The van der Waals surface area contributed by atoms with Crippen molar-refractivity contribution in [2.24, 2.45) is 0 Å². The molecule has 0 radical (unpaired) electrons. The van der Waals surface area contributed by atoms with Crippen molar-refractivity contribution in [3.8, 4) is 11.4 Å². The predicted octanol–water partition coefficient (Wildman–Crippen LogP) is 3.84. The molecule has 4 N–H and O–H groups in total. The van der Waals surface area contributed by atoms with Crippen LogP contribution in [-0.4, -0.2) is 74.3 Å².